The van der Waals surface area contributed by atoms with E-state index in [1.165, 1.54) is 12.4 Å². The third kappa shape index (κ3) is 3.59. The summed E-state index contributed by atoms with van der Waals surface area (Å²) >= 11 is 6.07. The third-order valence-corrected chi connectivity index (χ3v) is 5.14. The molecule has 0 atom stereocenters. The zero-order valence-corrected chi connectivity index (χ0v) is 16.9. The van der Waals surface area contributed by atoms with E-state index in [0.29, 0.717) is 40.8 Å². The first-order valence-electron chi connectivity index (χ1n) is 9.51. The molecule has 1 N–H and O–H groups in total. The van der Waals surface area contributed by atoms with Gasteiger partial charge < -0.3 is 14.4 Å². The lowest BCUT2D eigenvalue weighted by atomic mass is 10.1. The first-order valence-corrected chi connectivity index (χ1v) is 9.89. The van der Waals surface area contributed by atoms with Gasteiger partial charge in [0.05, 0.1) is 12.9 Å². The van der Waals surface area contributed by atoms with Crippen LogP contribution in [0, 0.1) is 0 Å². The molecule has 0 radical (unpaired) electrons. The van der Waals surface area contributed by atoms with Gasteiger partial charge in [0.15, 0.2) is 11.6 Å². The van der Waals surface area contributed by atoms with Crippen molar-refractivity contribution >= 4 is 17.5 Å². The first-order chi connectivity index (χ1) is 14.6. The largest absolute Gasteiger partial charge is 0.356 e. The average molecular weight is 424 g/mol. The quantitative estimate of drug-likeness (QED) is 0.507. The van der Waals surface area contributed by atoms with Crippen molar-refractivity contribution in [3.8, 4) is 22.8 Å². The molecule has 10 heteroatoms. The summed E-state index contributed by atoms with van der Waals surface area (Å²) in [6.45, 7) is 0.484. The lowest BCUT2D eigenvalue weighted by molar-refractivity contribution is 0.423. The van der Waals surface area contributed by atoms with E-state index >= 15 is 0 Å². The van der Waals surface area contributed by atoms with Gasteiger partial charge in [0.25, 0.3) is 5.56 Å². The number of nitrogens with zero attached hydrogens (tertiary/aromatic N) is 6. The van der Waals surface area contributed by atoms with Crippen LogP contribution >= 0.6 is 11.6 Å². The highest BCUT2D eigenvalue weighted by atomic mass is 35.5. The molecule has 4 aromatic rings. The Bertz CT molecular complexity index is 1260. The zero-order chi connectivity index (χ0) is 20.7. The van der Waals surface area contributed by atoms with Crippen LogP contribution in [0.15, 0.2) is 52.0 Å². The molecule has 5 rings (SSSR count). The number of rotatable bonds is 6. The third-order valence-electron chi connectivity index (χ3n) is 4.91. The maximum atomic E-state index is 11.7. The van der Waals surface area contributed by atoms with Crippen LogP contribution in [0.2, 0.25) is 5.02 Å². The van der Waals surface area contributed by atoms with Gasteiger partial charge in [-0.15, -0.1) is 10.2 Å². The van der Waals surface area contributed by atoms with E-state index in [0.717, 1.165) is 24.1 Å². The molecule has 0 amide bonds. The van der Waals surface area contributed by atoms with Crippen LogP contribution < -0.4 is 10.5 Å². The van der Waals surface area contributed by atoms with E-state index < -0.39 is 0 Å². The summed E-state index contributed by atoms with van der Waals surface area (Å²) in [5, 5.41) is 13.5. The zero-order valence-electron chi connectivity index (χ0n) is 16.1. The minimum atomic E-state index is -0.226. The van der Waals surface area contributed by atoms with Crippen molar-refractivity contribution < 1.29 is 4.52 Å². The maximum absolute atomic E-state index is 11.7. The number of aromatic amines is 1. The van der Waals surface area contributed by atoms with Crippen molar-refractivity contribution in [1.29, 1.82) is 0 Å². The van der Waals surface area contributed by atoms with E-state index in [2.05, 4.69) is 25.3 Å². The molecule has 1 aromatic carbocycles. The topological polar surface area (TPSA) is 106 Å². The van der Waals surface area contributed by atoms with Crippen LogP contribution in [0.3, 0.4) is 0 Å². The molecule has 0 unspecified atom stereocenters. The minimum absolute atomic E-state index is 0.226. The van der Waals surface area contributed by atoms with Crippen molar-refractivity contribution in [2.24, 2.45) is 0 Å². The van der Waals surface area contributed by atoms with Crippen molar-refractivity contribution in [2.75, 3.05) is 11.9 Å². The number of halogens is 1. The van der Waals surface area contributed by atoms with Crippen molar-refractivity contribution in [1.82, 2.24) is 29.9 Å². The summed E-state index contributed by atoms with van der Waals surface area (Å²) in [7, 11) is 1.92. The second-order valence-electron chi connectivity index (χ2n) is 7.27. The molecular formula is C20H18ClN7O2. The lowest BCUT2D eigenvalue weighted by Crippen LogP contribution is -2.21. The second-order valence-corrected chi connectivity index (χ2v) is 7.71. The summed E-state index contributed by atoms with van der Waals surface area (Å²) in [5.41, 5.74) is 1.90. The summed E-state index contributed by atoms with van der Waals surface area (Å²) in [6.07, 6.45) is 3.45. The number of nitrogens with one attached hydrogen (secondary N) is 1. The van der Waals surface area contributed by atoms with E-state index in [9.17, 15) is 4.79 Å². The van der Waals surface area contributed by atoms with Crippen molar-refractivity contribution in [3.05, 3.63) is 63.8 Å². The molecule has 3 heterocycles. The van der Waals surface area contributed by atoms with Crippen molar-refractivity contribution in [2.45, 2.75) is 25.4 Å². The van der Waals surface area contributed by atoms with E-state index in [-0.39, 0.29) is 5.56 Å². The van der Waals surface area contributed by atoms with Gasteiger partial charge in [-0.25, -0.2) is 4.98 Å². The molecule has 152 valence electrons. The number of hydrogen-bond donors (Lipinski definition) is 1. The Morgan fingerprint density at radius 1 is 1.27 bits per heavy atom. The number of anilines is 1. The fourth-order valence-electron chi connectivity index (χ4n) is 3.36. The molecule has 1 fully saturated rings. The average Bonchev–Trinajstić information content (AvgIpc) is 3.29. The molecule has 0 bridgehead atoms. The predicted molar refractivity (Wildman–Crippen MR) is 111 cm³/mol. The van der Waals surface area contributed by atoms with Crippen LogP contribution in [-0.2, 0) is 6.54 Å². The molecular weight excluding hydrogens is 406 g/mol. The first kappa shape index (κ1) is 18.6. The number of hydrogen-bond acceptors (Lipinski definition) is 7. The van der Waals surface area contributed by atoms with Gasteiger partial charge in [0.1, 0.15) is 11.4 Å². The second kappa shape index (κ2) is 7.42. The predicted octanol–water partition coefficient (Wildman–Crippen LogP) is 3.31. The monoisotopic (exact) mass is 423 g/mol. The van der Waals surface area contributed by atoms with E-state index in [1.807, 2.05) is 46.8 Å². The smallest absolute Gasteiger partial charge is 0.251 e. The summed E-state index contributed by atoms with van der Waals surface area (Å²) in [6, 6.07) is 11.1. The standard InChI is InChI=1S/C20H18ClN7O2/c1-27(10-14-8-17(30-26-14)12-3-2-4-13(21)7-12)20-25-24-19(28(20)15-5-6-15)16-9-18(29)23-11-22-16/h2-4,7-9,11,15H,5-6,10H2,1H3,(H,22,23,29). The van der Waals surface area contributed by atoms with Crippen molar-refractivity contribution in [3.63, 3.8) is 0 Å². The van der Waals surface area contributed by atoms with Crippen LogP contribution in [0.5, 0.6) is 0 Å². The molecule has 0 saturated heterocycles. The Kier molecular flexibility index (Phi) is 4.59. The molecule has 30 heavy (non-hydrogen) atoms. The highest BCUT2D eigenvalue weighted by Gasteiger charge is 2.32. The molecule has 9 nitrogen and oxygen atoms in total. The molecule has 0 spiro atoms. The normalized spacial score (nSPS) is 13.5. The van der Waals surface area contributed by atoms with Gasteiger partial charge >= 0.3 is 0 Å². The molecule has 1 saturated carbocycles. The van der Waals surface area contributed by atoms with Crippen LogP contribution in [0.4, 0.5) is 5.95 Å². The van der Waals surface area contributed by atoms with Gasteiger partial charge in [0, 0.05) is 35.8 Å². The fraction of sp³-hybridized carbons (Fsp3) is 0.250. The number of aromatic nitrogens is 6. The molecule has 1 aliphatic carbocycles. The number of benzene rings is 1. The Balaban J connectivity index is 1.42. The summed E-state index contributed by atoms with van der Waals surface area (Å²) in [5.74, 6) is 1.94. The Morgan fingerprint density at radius 3 is 2.90 bits per heavy atom. The highest BCUT2D eigenvalue weighted by Crippen LogP contribution is 2.40. The maximum Gasteiger partial charge on any atom is 0.251 e. The lowest BCUT2D eigenvalue weighted by Gasteiger charge is -2.18. The Labute approximate surface area is 176 Å². The number of H-pyrrole nitrogens is 1. The SMILES string of the molecule is CN(Cc1cc(-c2cccc(Cl)c2)on1)c1nnc(-c2cc(=O)[nH]cn2)n1C1CC1. The molecule has 1 aliphatic rings. The van der Waals surface area contributed by atoms with Gasteiger partial charge in [-0.3, -0.25) is 9.36 Å². The fourth-order valence-corrected chi connectivity index (χ4v) is 3.55. The Hall–Kier alpha value is -3.46. The summed E-state index contributed by atoms with van der Waals surface area (Å²) < 4.78 is 7.54. The van der Waals surface area contributed by atoms with Gasteiger partial charge in [-0.05, 0) is 25.0 Å². The Morgan fingerprint density at radius 2 is 2.13 bits per heavy atom. The van der Waals surface area contributed by atoms with Gasteiger partial charge in [-0.2, -0.15) is 0 Å². The summed E-state index contributed by atoms with van der Waals surface area (Å²) in [4.78, 5) is 20.4. The highest BCUT2D eigenvalue weighted by molar-refractivity contribution is 6.30. The minimum Gasteiger partial charge on any atom is -0.356 e. The van der Waals surface area contributed by atoms with Crippen LogP contribution in [0.1, 0.15) is 24.6 Å². The van der Waals surface area contributed by atoms with Gasteiger partial charge in [0.2, 0.25) is 5.95 Å². The van der Waals surface area contributed by atoms with E-state index in [1.54, 1.807) is 0 Å². The molecule has 0 aliphatic heterocycles. The van der Waals surface area contributed by atoms with E-state index in [4.69, 9.17) is 16.1 Å². The van der Waals surface area contributed by atoms with Crippen LogP contribution in [0.25, 0.3) is 22.8 Å². The molecule has 3 aromatic heterocycles. The van der Waals surface area contributed by atoms with Crippen LogP contribution in [-0.4, -0.2) is 36.9 Å². The van der Waals surface area contributed by atoms with Gasteiger partial charge in [-0.1, -0.05) is 28.9 Å².